The first-order chi connectivity index (χ1) is 25.8. The van der Waals surface area contributed by atoms with Gasteiger partial charge in [0.1, 0.15) is 7.14 Å². The van der Waals surface area contributed by atoms with E-state index >= 15 is 0 Å². The summed E-state index contributed by atoms with van der Waals surface area (Å²) in [5.41, 5.74) is 10.1. The van der Waals surface area contributed by atoms with E-state index in [1.807, 2.05) is 49.7 Å². The summed E-state index contributed by atoms with van der Waals surface area (Å²) in [7, 11) is -2.34. The Bertz CT molecular complexity index is 2460. The third-order valence-corrected chi connectivity index (χ3v) is 13.2. The Balaban J connectivity index is 1.11. The van der Waals surface area contributed by atoms with Gasteiger partial charge in [-0.25, -0.2) is 15.0 Å². The highest BCUT2D eigenvalue weighted by molar-refractivity contribution is 7.70. The van der Waals surface area contributed by atoms with Crippen molar-refractivity contribution < 1.29 is 4.57 Å². The van der Waals surface area contributed by atoms with Crippen LogP contribution in [0.1, 0.15) is 36.8 Å². The molecule has 5 heteroatoms. The van der Waals surface area contributed by atoms with Crippen LogP contribution in [0.25, 0.3) is 56.4 Å². The lowest BCUT2D eigenvalue weighted by Gasteiger charge is -2.39. The molecule has 2 aliphatic carbocycles. The molecule has 0 N–H and O–H groups in total. The summed E-state index contributed by atoms with van der Waals surface area (Å²) in [6, 6.07) is 55.5. The molecule has 0 spiro atoms. The Labute approximate surface area is 312 Å². The molecule has 0 aliphatic heterocycles. The van der Waals surface area contributed by atoms with Crippen molar-refractivity contribution in [3.63, 3.8) is 0 Å². The van der Waals surface area contributed by atoms with Gasteiger partial charge >= 0.3 is 0 Å². The molecule has 2 fully saturated rings. The lowest BCUT2D eigenvalue weighted by atomic mass is 9.64. The highest BCUT2D eigenvalue weighted by Gasteiger charge is 2.52. The maximum absolute atomic E-state index is 12.8. The summed E-state index contributed by atoms with van der Waals surface area (Å²) in [4.78, 5) is 15.3. The van der Waals surface area contributed by atoms with E-state index in [1.54, 1.807) is 0 Å². The molecule has 7 aromatic rings. The molecule has 260 valence electrons. The van der Waals surface area contributed by atoms with Crippen LogP contribution in [0.5, 0.6) is 0 Å². The lowest BCUT2D eigenvalue weighted by molar-refractivity contribution is 0.320. The fourth-order valence-corrected chi connectivity index (χ4v) is 9.89. The molecule has 53 heavy (non-hydrogen) atoms. The van der Waals surface area contributed by atoms with Gasteiger partial charge in [-0.1, -0.05) is 158 Å². The van der Waals surface area contributed by atoms with Crippen LogP contribution in [-0.2, 0) is 9.98 Å². The number of rotatable bonds is 8. The molecule has 4 nitrogen and oxygen atoms in total. The Hall–Kier alpha value is -5.44. The minimum atomic E-state index is -2.34. The first kappa shape index (κ1) is 33.4. The molecule has 3 atom stereocenters. The van der Waals surface area contributed by atoms with E-state index in [9.17, 15) is 4.57 Å². The van der Waals surface area contributed by atoms with Crippen LogP contribution in [0, 0.1) is 11.8 Å². The molecule has 1 heterocycles. The summed E-state index contributed by atoms with van der Waals surface area (Å²) in [6.07, 6.45) is 5.04. The van der Waals surface area contributed by atoms with Crippen molar-refractivity contribution in [1.29, 1.82) is 0 Å². The van der Waals surface area contributed by atoms with E-state index in [-0.39, 0.29) is 5.41 Å². The molecule has 9 rings (SSSR count). The van der Waals surface area contributed by atoms with Gasteiger partial charge in [-0.2, -0.15) is 0 Å². The zero-order valence-electron chi connectivity index (χ0n) is 30.2. The molecule has 2 aliphatic rings. The van der Waals surface area contributed by atoms with Gasteiger partial charge in [0.05, 0.1) is 0 Å². The number of aromatic nitrogens is 3. The van der Waals surface area contributed by atoms with Crippen molar-refractivity contribution in [2.24, 2.45) is 11.8 Å². The summed E-state index contributed by atoms with van der Waals surface area (Å²) in [5, 5.41) is 0.922. The molecule has 2 saturated carbocycles. The largest absolute Gasteiger partial charge is 0.319 e. The van der Waals surface area contributed by atoms with Gasteiger partial charge in [0.25, 0.3) is 0 Å². The SMILES string of the molecule is CP(C)(=O)c1cccc(-c2ccc(C3(c4ccc(-c5nc(-c6ccccc6)nc(-c6ccccc6-c6ccccc6)n5)cc4)CC4CCC3C4)cc2)c1. The average molecular weight is 708 g/mol. The highest BCUT2D eigenvalue weighted by Crippen LogP contribution is 2.60. The summed E-state index contributed by atoms with van der Waals surface area (Å²) in [6.45, 7) is 3.68. The van der Waals surface area contributed by atoms with Crippen molar-refractivity contribution in [3.8, 4) is 56.4 Å². The van der Waals surface area contributed by atoms with Crippen LogP contribution in [0.4, 0.5) is 0 Å². The van der Waals surface area contributed by atoms with Crippen molar-refractivity contribution >= 4 is 12.4 Å². The normalized spacial score (nSPS) is 19.4. The molecule has 0 radical (unpaired) electrons. The van der Waals surface area contributed by atoms with Gasteiger partial charge in [0, 0.05) is 27.4 Å². The Kier molecular flexibility index (Phi) is 8.52. The average Bonchev–Trinajstić information content (AvgIpc) is 3.84. The number of fused-ring (bicyclic) bond motifs is 2. The molecule has 6 aromatic carbocycles. The standard InChI is InChI=1S/C48H42N3OP/c1-53(2,52)42-17-11-16-38(31-42)34-21-26-39(27-22-34)48(32-33-20-25-41(48)30-33)40-28-23-37(24-29-40)46-49-45(36-14-7-4-8-15-36)50-47(51-46)44-19-10-9-18-43(44)35-12-5-3-6-13-35/h3-19,21-24,26-29,31,33,41H,20,25,30,32H2,1-2H3. The van der Waals surface area contributed by atoms with Crippen LogP contribution in [-0.4, -0.2) is 28.3 Å². The highest BCUT2D eigenvalue weighted by atomic mass is 31.2. The Morgan fingerprint density at radius 2 is 1.04 bits per heavy atom. The van der Waals surface area contributed by atoms with Gasteiger partial charge in [-0.05, 0) is 83.9 Å². The first-order valence-electron chi connectivity index (χ1n) is 18.7. The van der Waals surface area contributed by atoms with Crippen LogP contribution >= 0.6 is 7.14 Å². The Morgan fingerprint density at radius 1 is 0.509 bits per heavy atom. The maximum atomic E-state index is 12.8. The van der Waals surface area contributed by atoms with E-state index < -0.39 is 7.14 Å². The van der Waals surface area contributed by atoms with Gasteiger partial charge < -0.3 is 4.57 Å². The molecular weight excluding hydrogens is 666 g/mol. The number of hydrogen-bond donors (Lipinski definition) is 0. The minimum Gasteiger partial charge on any atom is -0.319 e. The quantitative estimate of drug-likeness (QED) is 0.148. The summed E-state index contributed by atoms with van der Waals surface area (Å²) >= 11 is 0. The third-order valence-electron chi connectivity index (χ3n) is 11.6. The third kappa shape index (κ3) is 6.26. The second kappa shape index (κ2) is 13.5. The molecule has 0 saturated heterocycles. The van der Waals surface area contributed by atoms with Gasteiger partial charge in [0.2, 0.25) is 0 Å². The van der Waals surface area contributed by atoms with Crippen molar-refractivity contribution in [2.45, 2.75) is 31.1 Å². The van der Waals surface area contributed by atoms with E-state index in [1.165, 1.54) is 36.8 Å². The first-order valence-corrected chi connectivity index (χ1v) is 21.3. The van der Waals surface area contributed by atoms with E-state index in [0.717, 1.165) is 50.2 Å². The Morgan fingerprint density at radius 3 is 1.62 bits per heavy atom. The van der Waals surface area contributed by atoms with Crippen LogP contribution in [0.3, 0.4) is 0 Å². The number of hydrogen-bond acceptors (Lipinski definition) is 4. The fraction of sp³-hybridized carbons (Fsp3) is 0.188. The van der Waals surface area contributed by atoms with Crippen LogP contribution in [0.15, 0.2) is 158 Å². The second-order valence-electron chi connectivity index (χ2n) is 15.2. The van der Waals surface area contributed by atoms with E-state index in [2.05, 4.69) is 121 Å². The maximum Gasteiger partial charge on any atom is 0.164 e. The van der Waals surface area contributed by atoms with Crippen molar-refractivity contribution in [1.82, 2.24) is 15.0 Å². The van der Waals surface area contributed by atoms with Gasteiger partial charge in [-0.15, -0.1) is 0 Å². The fourth-order valence-electron chi connectivity index (χ4n) is 8.99. The van der Waals surface area contributed by atoms with Crippen molar-refractivity contribution in [2.75, 3.05) is 13.3 Å². The summed E-state index contributed by atoms with van der Waals surface area (Å²) in [5.74, 6) is 3.35. The van der Waals surface area contributed by atoms with Crippen LogP contribution < -0.4 is 5.30 Å². The molecule has 1 aromatic heterocycles. The molecular formula is C48H42N3OP. The molecule has 3 unspecified atom stereocenters. The van der Waals surface area contributed by atoms with Crippen molar-refractivity contribution in [3.05, 3.63) is 169 Å². The van der Waals surface area contributed by atoms with Gasteiger partial charge in [0.15, 0.2) is 17.5 Å². The topological polar surface area (TPSA) is 55.7 Å². The second-order valence-corrected chi connectivity index (χ2v) is 18.4. The van der Waals surface area contributed by atoms with E-state index in [0.29, 0.717) is 23.4 Å². The smallest absolute Gasteiger partial charge is 0.164 e. The number of nitrogens with zero attached hydrogens (tertiary/aromatic N) is 3. The predicted molar refractivity (Wildman–Crippen MR) is 219 cm³/mol. The minimum absolute atomic E-state index is 0.0293. The monoisotopic (exact) mass is 707 g/mol. The molecule has 0 amide bonds. The summed E-state index contributed by atoms with van der Waals surface area (Å²) < 4.78 is 12.8. The predicted octanol–water partition coefficient (Wildman–Crippen LogP) is 11.6. The van der Waals surface area contributed by atoms with E-state index in [4.69, 9.17) is 15.0 Å². The van der Waals surface area contributed by atoms with Gasteiger partial charge in [-0.3, -0.25) is 0 Å². The molecule has 2 bridgehead atoms. The zero-order valence-corrected chi connectivity index (χ0v) is 31.1. The lowest BCUT2D eigenvalue weighted by Crippen LogP contribution is -2.34. The zero-order chi connectivity index (χ0) is 36.0. The number of benzene rings is 6. The van der Waals surface area contributed by atoms with Crippen LogP contribution in [0.2, 0.25) is 0 Å².